The summed E-state index contributed by atoms with van der Waals surface area (Å²) in [5.41, 5.74) is 0.760. The number of carbonyl (C=O) groups excluding carboxylic acids is 2. The number of benzene rings is 1. The summed E-state index contributed by atoms with van der Waals surface area (Å²) in [6.07, 6.45) is 12.2. The van der Waals surface area contributed by atoms with Crippen molar-refractivity contribution in [1.82, 2.24) is 19.7 Å². The Bertz CT molecular complexity index is 902. The molecule has 4 rings (SSSR count). The summed E-state index contributed by atoms with van der Waals surface area (Å²) >= 11 is 1.43. The Hall–Kier alpha value is -2.35. The zero-order valence-corrected chi connectivity index (χ0v) is 20.4. The predicted molar refractivity (Wildman–Crippen MR) is 131 cm³/mol. The van der Waals surface area contributed by atoms with Gasteiger partial charge in [0.05, 0.1) is 12.2 Å². The van der Waals surface area contributed by atoms with Gasteiger partial charge in [-0.15, -0.1) is 10.2 Å². The molecule has 178 valence electrons. The van der Waals surface area contributed by atoms with E-state index >= 15 is 0 Å². The molecule has 0 radical (unpaired) electrons. The predicted octanol–water partition coefficient (Wildman–Crippen LogP) is 4.58. The molecule has 33 heavy (non-hydrogen) atoms. The van der Waals surface area contributed by atoms with E-state index in [9.17, 15) is 9.59 Å². The Morgan fingerprint density at radius 2 is 1.58 bits per heavy atom. The molecule has 1 aromatic carbocycles. The molecule has 0 saturated heterocycles. The molecule has 2 aliphatic rings. The van der Waals surface area contributed by atoms with Crippen LogP contribution in [0.3, 0.4) is 0 Å². The quantitative estimate of drug-likeness (QED) is 0.572. The van der Waals surface area contributed by atoms with Crippen molar-refractivity contribution in [1.29, 1.82) is 0 Å². The van der Waals surface area contributed by atoms with E-state index in [0.29, 0.717) is 28.8 Å². The van der Waals surface area contributed by atoms with Crippen molar-refractivity contribution >= 4 is 29.3 Å². The number of amides is 2. The molecule has 1 aromatic heterocycles. The first-order chi connectivity index (χ1) is 16.1. The van der Waals surface area contributed by atoms with Gasteiger partial charge in [-0.1, -0.05) is 68.5 Å². The van der Waals surface area contributed by atoms with E-state index in [-0.39, 0.29) is 18.2 Å². The van der Waals surface area contributed by atoms with E-state index in [4.69, 9.17) is 0 Å². The Morgan fingerprint density at radius 3 is 2.18 bits per heavy atom. The molecule has 7 nitrogen and oxygen atoms in total. The minimum absolute atomic E-state index is 0.134. The lowest BCUT2D eigenvalue weighted by Gasteiger charge is -2.41. The van der Waals surface area contributed by atoms with Crippen LogP contribution >= 0.6 is 11.8 Å². The average molecular weight is 470 g/mol. The van der Waals surface area contributed by atoms with Gasteiger partial charge in [0, 0.05) is 24.8 Å². The van der Waals surface area contributed by atoms with Gasteiger partial charge in [-0.05, 0) is 37.8 Å². The number of thioether (sulfide) groups is 1. The van der Waals surface area contributed by atoms with Crippen LogP contribution < -0.4 is 5.32 Å². The minimum Gasteiger partial charge on any atom is -0.336 e. The average Bonchev–Trinajstić information content (AvgIpc) is 3.18. The smallest absolute Gasteiger partial charge is 0.233 e. The molecule has 2 amide bonds. The third-order valence-corrected chi connectivity index (χ3v) is 7.86. The molecule has 0 bridgehead atoms. The van der Waals surface area contributed by atoms with Crippen LogP contribution in [0.5, 0.6) is 0 Å². The first-order valence-electron chi connectivity index (χ1n) is 12.3. The summed E-state index contributed by atoms with van der Waals surface area (Å²) in [5, 5.41) is 12.0. The second-order valence-corrected chi connectivity index (χ2v) is 10.2. The maximum absolute atomic E-state index is 13.4. The van der Waals surface area contributed by atoms with Crippen LogP contribution in [-0.2, 0) is 23.1 Å². The molecule has 8 heteroatoms. The fourth-order valence-corrected chi connectivity index (χ4v) is 5.92. The first-order valence-corrected chi connectivity index (χ1v) is 13.3. The number of hydrogen-bond acceptors (Lipinski definition) is 5. The van der Waals surface area contributed by atoms with Crippen molar-refractivity contribution < 1.29 is 9.59 Å². The number of carbonyl (C=O) groups is 2. The third kappa shape index (κ3) is 6.37. The highest BCUT2D eigenvalue weighted by Gasteiger charge is 2.32. The molecule has 0 atom stereocenters. The molecule has 2 saturated carbocycles. The molecule has 2 fully saturated rings. The van der Waals surface area contributed by atoms with E-state index in [2.05, 4.69) is 20.4 Å². The number of nitrogens with one attached hydrogen (secondary N) is 1. The summed E-state index contributed by atoms with van der Waals surface area (Å²) in [5.74, 6) is 1.06. The van der Waals surface area contributed by atoms with Gasteiger partial charge in [0.2, 0.25) is 11.8 Å². The van der Waals surface area contributed by atoms with E-state index in [1.165, 1.54) is 50.3 Å². The van der Waals surface area contributed by atoms with Gasteiger partial charge in [0.25, 0.3) is 0 Å². The van der Waals surface area contributed by atoms with E-state index in [0.717, 1.165) is 31.4 Å². The summed E-state index contributed by atoms with van der Waals surface area (Å²) < 4.78 is 1.83. The summed E-state index contributed by atoms with van der Waals surface area (Å²) in [7, 11) is 1.86. The van der Waals surface area contributed by atoms with Crippen molar-refractivity contribution in [3.05, 3.63) is 36.2 Å². The summed E-state index contributed by atoms with van der Waals surface area (Å²) in [6, 6.07) is 10.2. The van der Waals surface area contributed by atoms with Crippen molar-refractivity contribution in [2.24, 2.45) is 7.05 Å². The lowest BCUT2D eigenvalue weighted by Crippen LogP contribution is -2.49. The number of para-hydroxylation sites is 1. The maximum atomic E-state index is 13.4. The lowest BCUT2D eigenvalue weighted by molar-refractivity contribution is -0.135. The van der Waals surface area contributed by atoms with Gasteiger partial charge in [-0.3, -0.25) is 9.59 Å². The second kappa shape index (κ2) is 11.7. The number of nitrogens with zero attached hydrogens (tertiary/aromatic N) is 4. The Labute approximate surface area is 200 Å². The second-order valence-electron chi connectivity index (χ2n) is 9.22. The fraction of sp³-hybridized carbons (Fsp3) is 0.600. The topological polar surface area (TPSA) is 80.1 Å². The summed E-state index contributed by atoms with van der Waals surface area (Å²) in [6.45, 7) is 0. The van der Waals surface area contributed by atoms with Crippen LogP contribution in [0.25, 0.3) is 0 Å². The molecule has 1 N–H and O–H groups in total. The van der Waals surface area contributed by atoms with Crippen molar-refractivity contribution in [3.63, 3.8) is 0 Å². The van der Waals surface area contributed by atoms with Gasteiger partial charge in [-0.2, -0.15) is 0 Å². The van der Waals surface area contributed by atoms with Crippen LogP contribution in [0.2, 0.25) is 0 Å². The van der Waals surface area contributed by atoms with Crippen LogP contribution in [0.4, 0.5) is 5.69 Å². The molecular weight excluding hydrogens is 434 g/mol. The molecule has 0 unspecified atom stereocenters. The van der Waals surface area contributed by atoms with Crippen molar-refractivity contribution in [3.8, 4) is 0 Å². The highest BCUT2D eigenvalue weighted by molar-refractivity contribution is 7.99. The highest BCUT2D eigenvalue weighted by Crippen LogP contribution is 2.31. The van der Waals surface area contributed by atoms with E-state index in [1.54, 1.807) is 0 Å². The largest absolute Gasteiger partial charge is 0.336 e. The SMILES string of the molecule is Cn1c(CC(=O)Nc2ccccc2)nnc1SCC(=O)N(C1CCCCC1)C1CCCCC1. The monoisotopic (exact) mass is 469 g/mol. The minimum atomic E-state index is -0.134. The maximum Gasteiger partial charge on any atom is 0.233 e. The van der Waals surface area contributed by atoms with Gasteiger partial charge >= 0.3 is 0 Å². The number of anilines is 1. The van der Waals surface area contributed by atoms with Gasteiger partial charge in [0.15, 0.2) is 5.16 Å². The highest BCUT2D eigenvalue weighted by atomic mass is 32.2. The van der Waals surface area contributed by atoms with E-state index in [1.807, 2.05) is 41.9 Å². The molecular formula is C25H35N5O2S. The zero-order valence-electron chi connectivity index (χ0n) is 19.5. The van der Waals surface area contributed by atoms with Crippen LogP contribution in [-0.4, -0.2) is 49.3 Å². The summed E-state index contributed by atoms with van der Waals surface area (Å²) in [4.78, 5) is 28.0. The Morgan fingerprint density at radius 1 is 0.970 bits per heavy atom. The van der Waals surface area contributed by atoms with Crippen LogP contribution in [0, 0.1) is 0 Å². The van der Waals surface area contributed by atoms with Gasteiger partial charge < -0.3 is 14.8 Å². The lowest BCUT2D eigenvalue weighted by atomic mass is 9.88. The first kappa shape index (κ1) is 23.8. The Kier molecular flexibility index (Phi) is 8.42. The van der Waals surface area contributed by atoms with Crippen molar-refractivity contribution in [2.45, 2.75) is 87.9 Å². The van der Waals surface area contributed by atoms with E-state index < -0.39 is 0 Å². The zero-order chi connectivity index (χ0) is 23.0. The fourth-order valence-electron chi connectivity index (χ4n) is 5.12. The standard InChI is InChI=1S/C25H35N5O2S/c1-29-22(17-23(31)26-19-11-5-2-6-12-19)27-28-25(29)33-18-24(32)30(20-13-7-3-8-14-20)21-15-9-4-10-16-21/h2,5-6,11-12,20-21H,3-4,7-10,13-18H2,1H3,(H,26,31). The normalized spacial score (nSPS) is 17.6. The number of aromatic nitrogens is 3. The number of hydrogen-bond donors (Lipinski definition) is 1. The molecule has 0 spiro atoms. The van der Waals surface area contributed by atoms with Gasteiger partial charge in [-0.25, -0.2) is 0 Å². The molecule has 2 aromatic rings. The Balaban J connectivity index is 1.35. The molecule has 1 heterocycles. The van der Waals surface area contributed by atoms with Gasteiger partial charge in [0.1, 0.15) is 5.82 Å². The molecule has 0 aliphatic heterocycles. The number of rotatable bonds is 8. The van der Waals surface area contributed by atoms with Crippen LogP contribution in [0.15, 0.2) is 35.5 Å². The third-order valence-electron chi connectivity index (χ3n) is 6.85. The van der Waals surface area contributed by atoms with Crippen molar-refractivity contribution in [2.75, 3.05) is 11.1 Å². The van der Waals surface area contributed by atoms with Crippen LogP contribution in [0.1, 0.15) is 70.0 Å². The molecule has 2 aliphatic carbocycles.